The lowest BCUT2D eigenvalue weighted by atomic mass is 9.90. The van der Waals surface area contributed by atoms with Gasteiger partial charge in [-0.2, -0.15) is 0 Å². The molecule has 3 rings (SSSR count). The number of hydrogen-bond donors (Lipinski definition) is 0. The van der Waals surface area contributed by atoms with E-state index in [1.165, 1.54) is 52.3 Å². The topological polar surface area (TPSA) is 9.23 Å². The zero-order chi connectivity index (χ0) is 25.5. The standard InChI is InChI=1S/C32H46OS2/c1-8-9-10-12-18-25-22-27(34-30(25)32(5,6)7)29-24(23-28(35-29)31(2,3)4)17-15-16-21-33-26-19-13-11-14-20-26/h11,13-14,19-20,22-23H,8-10,12,15-18,21H2,1-7H3. The molecule has 192 valence electrons. The average Bonchev–Trinajstić information content (AvgIpc) is 3.41. The van der Waals surface area contributed by atoms with Crippen LogP contribution in [-0.4, -0.2) is 6.61 Å². The first-order valence-corrected chi connectivity index (χ1v) is 15.2. The lowest BCUT2D eigenvalue weighted by Crippen LogP contribution is -2.11. The third kappa shape index (κ3) is 8.22. The smallest absolute Gasteiger partial charge is 0.119 e. The van der Waals surface area contributed by atoms with E-state index in [0.717, 1.165) is 31.6 Å². The Labute approximate surface area is 223 Å². The Morgan fingerprint density at radius 3 is 2.06 bits per heavy atom. The van der Waals surface area contributed by atoms with Crippen LogP contribution in [0.4, 0.5) is 0 Å². The molecule has 0 radical (unpaired) electrons. The molecule has 0 aliphatic carbocycles. The highest BCUT2D eigenvalue weighted by Crippen LogP contribution is 2.45. The van der Waals surface area contributed by atoms with Crippen LogP contribution < -0.4 is 4.74 Å². The van der Waals surface area contributed by atoms with E-state index >= 15 is 0 Å². The van der Waals surface area contributed by atoms with Gasteiger partial charge in [-0.1, -0.05) is 85.9 Å². The summed E-state index contributed by atoms with van der Waals surface area (Å²) in [6, 6.07) is 15.2. The summed E-state index contributed by atoms with van der Waals surface area (Å²) in [6.45, 7) is 17.2. The Kier molecular flexibility index (Phi) is 10.1. The summed E-state index contributed by atoms with van der Waals surface area (Å²) >= 11 is 4.07. The highest BCUT2D eigenvalue weighted by molar-refractivity contribution is 7.22. The van der Waals surface area contributed by atoms with Gasteiger partial charge in [0.15, 0.2) is 0 Å². The van der Waals surface area contributed by atoms with Gasteiger partial charge in [0.2, 0.25) is 0 Å². The van der Waals surface area contributed by atoms with Crippen molar-refractivity contribution in [3.63, 3.8) is 0 Å². The van der Waals surface area contributed by atoms with Crippen LogP contribution in [0.15, 0.2) is 42.5 Å². The SMILES string of the molecule is CCCCCCc1cc(-c2sc(C(C)(C)C)cc2CCCCOc2ccccc2)sc1C(C)(C)C. The maximum atomic E-state index is 5.93. The Hall–Kier alpha value is -1.58. The zero-order valence-corrected chi connectivity index (χ0v) is 24.8. The fourth-order valence-electron chi connectivity index (χ4n) is 4.42. The van der Waals surface area contributed by atoms with E-state index in [1.54, 1.807) is 10.4 Å². The van der Waals surface area contributed by atoms with E-state index in [-0.39, 0.29) is 10.8 Å². The van der Waals surface area contributed by atoms with Crippen molar-refractivity contribution in [2.45, 2.75) is 111 Å². The van der Waals surface area contributed by atoms with Gasteiger partial charge in [-0.3, -0.25) is 0 Å². The zero-order valence-electron chi connectivity index (χ0n) is 23.1. The predicted octanol–water partition coefficient (Wildman–Crippen LogP) is 10.6. The van der Waals surface area contributed by atoms with Gasteiger partial charge in [-0.25, -0.2) is 0 Å². The minimum Gasteiger partial charge on any atom is -0.494 e. The number of rotatable bonds is 12. The van der Waals surface area contributed by atoms with Crippen LogP contribution in [0.2, 0.25) is 0 Å². The predicted molar refractivity (Wildman–Crippen MR) is 158 cm³/mol. The summed E-state index contributed by atoms with van der Waals surface area (Å²) in [5.41, 5.74) is 3.49. The average molecular weight is 511 g/mol. The molecular formula is C32H46OS2. The van der Waals surface area contributed by atoms with Crippen LogP contribution in [0.5, 0.6) is 5.75 Å². The molecule has 0 bridgehead atoms. The number of para-hydroxylation sites is 1. The van der Waals surface area contributed by atoms with Crippen LogP contribution in [0.3, 0.4) is 0 Å². The van der Waals surface area contributed by atoms with Gasteiger partial charge in [-0.05, 0) is 78.3 Å². The Balaban J connectivity index is 1.78. The molecule has 2 heterocycles. The minimum absolute atomic E-state index is 0.182. The summed E-state index contributed by atoms with van der Waals surface area (Å²) in [6.07, 6.45) is 9.86. The summed E-state index contributed by atoms with van der Waals surface area (Å²) in [5, 5.41) is 0. The second kappa shape index (κ2) is 12.6. The molecule has 1 nitrogen and oxygen atoms in total. The van der Waals surface area contributed by atoms with Gasteiger partial charge >= 0.3 is 0 Å². The van der Waals surface area contributed by atoms with Gasteiger partial charge in [-0.15, -0.1) is 22.7 Å². The largest absolute Gasteiger partial charge is 0.494 e. The van der Waals surface area contributed by atoms with E-state index in [2.05, 4.69) is 60.6 Å². The van der Waals surface area contributed by atoms with Crippen molar-refractivity contribution in [1.82, 2.24) is 0 Å². The van der Waals surface area contributed by atoms with Gasteiger partial charge in [0, 0.05) is 19.5 Å². The minimum atomic E-state index is 0.182. The molecule has 0 aliphatic rings. The Bertz CT molecular complexity index is 1030. The molecule has 0 saturated carbocycles. The fraction of sp³-hybridized carbons (Fsp3) is 0.562. The summed E-state index contributed by atoms with van der Waals surface area (Å²) < 4.78 is 5.93. The van der Waals surface area contributed by atoms with Gasteiger partial charge < -0.3 is 4.74 Å². The quantitative estimate of drug-likeness (QED) is 0.220. The van der Waals surface area contributed by atoms with Gasteiger partial charge in [0.05, 0.1) is 6.61 Å². The highest BCUT2D eigenvalue weighted by atomic mass is 32.1. The molecule has 0 fully saturated rings. The normalized spacial score (nSPS) is 12.3. The third-order valence-electron chi connectivity index (χ3n) is 6.41. The van der Waals surface area contributed by atoms with E-state index in [0.29, 0.717) is 0 Å². The van der Waals surface area contributed by atoms with Crippen molar-refractivity contribution in [3.05, 3.63) is 63.3 Å². The maximum absolute atomic E-state index is 5.93. The number of unbranched alkanes of at least 4 members (excludes halogenated alkanes) is 4. The monoisotopic (exact) mass is 510 g/mol. The van der Waals surface area contributed by atoms with Crippen molar-refractivity contribution in [2.24, 2.45) is 0 Å². The molecule has 0 amide bonds. The number of aryl methyl sites for hydroxylation is 2. The second-order valence-electron chi connectivity index (χ2n) is 11.9. The fourth-order valence-corrected chi connectivity index (χ4v) is 7.09. The van der Waals surface area contributed by atoms with E-state index in [4.69, 9.17) is 4.74 Å². The first-order chi connectivity index (χ1) is 16.6. The van der Waals surface area contributed by atoms with Crippen molar-refractivity contribution < 1.29 is 4.74 Å². The molecule has 0 saturated heterocycles. The molecule has 2 aromatic heterocycles. The Morgan fingerprint density at radius 2 is 1.40 bits per heavy atom. The van der Waals surface area contributed by atoms with Crippen LogP contribution in [0.1, 0.15) is 108 Å². The van der Waals surface area contributed by atoms with Crippen LogP contribution >= 0.6 is 22.7 Å². The molecule has 35 heavy (non-hydrogen) atoms. The van der Waals surface area contributed by atoms with Crippen LogP contribution in [0, 0.1) is 0 Å². The second-order valence-corrected chi connectivity index (χ2v) is 14.0. The van der Waals surface area contributed by atoms with Gasteiger partial charge in [0.1, 0.15) is 5.75 Å². The maximum Gasteiger partial charge on any atom is 0.119 e. The van der Waals surface area contributed by atoms with Crippen LogP contribution in [0.25, 0.3) is 9.75 Å². The molecule has 0 unspecified atom stereocenters. The van der Waals surface area contributed by atoms with Crippen molar-refractivity contribution in [3.8, 4) is 15.5 Å². The van der Waals surface area contributed by atoms with Crippen molar-refractivity contribution in [2.75, 3.05) is 6.61 Å². The van der Waals surface area contributed by atoms with Crippen molar-refractivity contribution in [1.29, 1.82) is 0 Å². The molecular weight excluding hydrogens is 464 g/mol. The number of hydrogen-bond acceptors (Lipinski definition) is 3. The van der Waals surface area contributed by atoms with Crippen molar-refractivity contribution >= 4 is 22.7 Å². The summed E-state index contributed by atoms with van der Waals surface area (Å²) in [7, 11) is 0. The van der Waals surface area contributed by atoms with E-state index in [9.17, 15) is 0 Å². The lowest BCUT2D eigenvalue weighted by Gasteiger charge is -2.19. The van der Waals surface area contributed by atoms with Gasteiger partial charge in [0.25, 0.3) is 0 Å². The first kappa shape index (κ1) is 28.0. The number of ether oxygens (including phenoxy) is 1. The third-order valence-corrected chi connectivity index (χ3v) is 9.80. The molecule has 0 aliphatic heterocycles. The molecule has 3 aromatic rings. The van der Waals surface area contributed by atoms with Crippen LogP contribution in [-0.2, 0) is 23.7 Å². The Morgan fingerprint density at radius 1 is 0.714 bits per heavy atom. The molecule has 0 N–H and O–H groups in total. The highest BCUT2D eigenvalue weighted by Gasteiger charge is 2.25. The molecule has 1 aromatic carbocycles. The lowest BCUT2D eigenvalue weighted by molar-refractivity contribution is 0.307. The molecule has 3 heteroatoms. The molecule has 0 spiro atoms. The first-order valence-electron chi connectivity index (χ1n) is 13.5. The number of thiophene rings is 2. The van der Waals surface area contributed by atoms with E-state index in [1.807, 2.05) is 53.0 Å². The number of benzene rings is 1. The summed E-state index contributed by atoms with van der Waals surface area (Å²) in [4.78, 5) is 6.07. The summed E-state index contributed by atoms with van der Waals surface area (Å²) in [5.74, 6) is 0.971. The van der Waals surface area contributed by atoms with E-state index < -0.39 is 0 Å². The molecule has 0 atom stereocenters.